The maximum absolute atomic E-state index is 14.0. The lowest BCUT2D eigenvalue weighted by Crippen LogP contribution is -2.21. The van der Waals surface area contributed by atoms with Crippen molar-refractivity contribution in [2.24, 2.45) is 0 Å². The van der Waals surface area contributed by atoms with E-state index >= 15 is 0 Å². The van der Waals surface area contributed by atoms with Crippen LogP contribution in [0.25, 0.3) is 11.1 Å². The predicted octanol–water partition coefficient (Wildman–Crippen LogP) is 4.47. The number of halogens is 1. The van der Waals surface area contributed by atoms with Crippen LogP contribution in [0.15, 0.2) is 66.8 Å². The molecule has 0 radical (unpaired) electrons. The fourth-order valence-electron chi connectivity index (χ4n) is 3.33. The Morgan fingerprint density at radius 2 is 1.81 bits per heavy atom. The molecule has 1 aliphatic heterocycles. The van der Waals surface area contributed by atoms with Crippen molar-refractivity contribution in [2.45, 2.75) is 12.1 Å². The highest BCUT2D eigenvalue weighted by Gasteiger charge is 2.43. The third-order valence-electron chi connectivity index (χ3n) is 4.29. The molecule has 2 aromatic carbocycles. The Morgan fingerprint density at radius 1 is 1.00 bits per heavy atom. The Labute approximate surface area is 138 Å². The van der Waals surface area contributed by atoms with E-state index in [-0.39, 0.29) is 5.66 Å². The van der Waals surface area contributed by atoms with Crippen LogP contribution in [0.1, 0.15) is 6.42 Å². The van der Waals surface area contributed by atoms with Crippen molar-refractivity contribution >= 4 is 40.3 Å². The van der Waals surface area contributed by atoms with Gasteiger partial charge in [-0.3, -0.25) is 0 Å². The molecule has 0 amide bonds. The second-order valence-electron chi connectivity index (χ2n) is 5.45. The Balaban J connectivity index is 2.02. The van der Waals surface area contributed by atoms with E-state index in [4.69, 9.17) is 0 Å². The first-order valence-corrected chi connectivity index (χ1v) is 9.90. The summed E-state index contributed by atoms with van der Waals surface area (Å²) in [6.45, 7) is 0. The Bertz CT molecular complexity index is 835. The Hall–Kier alpha value is -1.12. The van der Waals surface area contributed by atoms with Crippen molar-refractivity contribution in [1.29, 1.82) is 0 Å². The first kappa shape index (κ1) is 13.5. The van der Waals surface area contributed by atoms with Crippen LogP contribution in [0.2, 0.25) is 0 Å². The van der Waals surface area contributed by atoms with E-state index in [0.717, 1.165) is 28.2 Å². The summed E-state index contributed by atoms with van der Waals surface area (Å²) in [6, 6.07) is 14.5. The molecule has 0 saturated carbocycles. The van der Waals surface area contributed by atoms with Gasteiger partial charge in [0.15, 0.2) is 7.14 Å². The number of benzene rings is 2. The minimum atomic E-state index is -2.59. The van der Waals surface area contributed by atoms with Gasteiger partial charge in [-0.05, 0) is 58.3 Å². The molecule has 0 saturated heterocycles. The molecule has 2 aliphatic rings. The fraction of sp³-hybridized carbons (Fsp3) is 0.111. The lowest BCUT2D eigenvalue weighted by Gasteiger charge is -2.24. The minimum absolute atomic E-state index is 0.0879. The topological polar surface area (TPSA) is 17.1 Å². The largest absolute Gasteiger partial charge is 0.313 e. The highest BCUT2D eigenvalue weighted by atomic mass is 127. The third-order valence-corrected chi connectivity index (χ3v) is 8.49. The zero-order valence-corrected chi connectivity index (χ0v) is 14.4. The van der Waals surface area contributed by atoms with Gasteiger partial charge in [-0.2, -0.15) is 0 Å². The molecule has 0 spiro atoms. The highest BCUT2D eigenvalue weighted by Crippen LogP contribution is 2.58. The average Bonchev–Trinajstić information content (AvgIpc) is 2.79. The van der Waals surface area contributed by atoms with Crippen molar-refractivity contribution in [3.63, 3.8) is 0 Å². The van der Waals surface area contributed by atoms with E-state index in [1.807, 2.05) is 24.3 Å². The van der Waals surface area contributed by atoms with Crippen molar-refractivity contribution in [1.82, 2.24) is 0 Å². The molecular formula is C18H14IOP. The number of fused-ring (bicyclic) bond motifs is 3. The summed E-state index contributed by atoms with van der Waals surface area (Å²) >= 11 is 2.32. The summed E-state index contributed by atoms with van der Waals surface area (Å²) in [5.74, 6) is 0. The number of rotatable bonds is 1. The van der Waals surface area contributed by atoms with Crippen LogP contribution in [0, 0.1) is 3.57 Å². The highest BCUT2D eigenvalue weighted by molar-refractivity contribution is 14.1. The van der Waals surface area contributed by atoms with Gasteiger partial charge in [0.25, 0.3) is 0 Å². The van der Waals surface area contributed by atoms with Crippen molar-refractivity contribution in [3.05, 3.63) is 70.3 Å². The van der Waals surface area contributed by atoms with E-state index in [1.54, 1.807) is 0 Å². The standard InChI is InChI=1S/C18H14IOP/c19-13-10-11-18-16(12-13)15-8-4-5-9-17(15)21(18,20)14-6-2-1-3-7-14/h1-6,8-12,14H,7H2. The molecule has 2 atom stereocenters. The SMILES string of the molecule is O=P1(C2C=CC=CC2)c2ccccc2-c2cc(I)ccc21. The number of allylic oxidation sites excluding steroid dienone is 4. The molecule has 1 heterocycles. The monoisotopic (exact) mass is 404 g/mol. The summed E-state index contributed by atoms with van der Waals surface area (Å²) in [6.07, 6.45) is 9.16. The molecule has 1 aliphatic carbocycles. The van der Waals surface area contributed by atoms with Gasteiger partial charge in [0, 0.05) is 19.8 Å². The van der Waals surface area contributed by atoms with E-state index in [2.05, 4.69) is 65.1 Å². The third kappa shape index (κ3) is 1.92. The maximum Gasteiger partial charge on any atom is 0.151 e. The van der Waals surface area contributed by atoms with Crippen LogP contribution >= 0.6 is 29.7 Å². The number of hydrogen-bond acceptors (Lipinski definition) is 1. The normalized spacial score (nSPS) is 25.7. The van der Waals surface area contributed by atoms with Gasteiger partial charge in [0.05, 0.1) is 0 Å². The Morgan fingerprint density at radius 3 is 2.62 bits per heavy atom. The zero-order valence-electron chi connectivity index (χ0n) is 11.4. The summed E-state index contributed by atoms with van der Waals surface area (Å²) in [5, 5.41) is 2.07. The first-order valence-electron chi connectivity index (χ1n) is 7.04. The number of hydrogen-bond donors (Lipinski definition) is 0. The van der Waals surface area contributed by atoms with Gasteiger partial charge in [-0.15, -0.1) is 0 Å². The van der Waals surface area contributed by atoms with E-state index in [0.29, 0.717) is 0 Å². The first-order chi connectivity index (χ1) is 10.2. The molecule has 1 nitrogen and oxygen atoms in total. The smallest absolute Gasteiger partial charge is 0.151 e. The summed E-state index contributed by atoms with van der Waals surface area (Å²) in [5.41, 5.74) is 2.39. The van der Waals surface area contributed by atoms with Gasteiger partial charge >= 0.3 is 0 Å². The minimum Gasteiger partial charge on any atom is -0.313 e. The quantitative estimate of drug-likeness (QED) is 0.507. The lowest BCUT2D eigenvalue weighted by atomic mass is 10.1. The maximum atomic E-state index is 14.0. The molecule has 104 valence electrons. The molecule has 0 fully saturated rings. The molecule has 0 N–H and O–H groups in total. The molecule has 3 heteroatoms. The molecule has 4 rings (SSSR count). The predicted molar refractivity (Wildman–Crippen MR) is 98.2 cm³/mol. The van der Waals surface area contributed by atoms with Gasteiger partial charge in [0.1, 0.15) is 0 Å². The fourth-order valence-corrected chi connectivity index (χ4v) is 7.25. The lowest BCUT2D eigenvalue weighted by molar-refractivity contribution is 0.582. The van der Waals surface area contributed by atoms with E-state index in [1.165, 1.54) is 3.57 Å². The van der Waals surface area contributed by atoms with Gasteiger partial charge in [-0.25, -0.2) is 0 Å². The van der Waals surface area contributed by atoms with Crippen LogP contribution in [0.5, 0.6) is 0 Å². The van der Waals surface area contributed by atoms with Gasteiger partial charge in [-0.1, -0.05) is 48.6 Å². The molecule has 0 bridgehead atoms. The average molecular weight is 404 g/mol. The zero-order chi connectivity index (χ0) is 14.4. The van der Waals surface area contributed by atoms with E-state index < -0.39 is 7.14 Å². The molecule has 21 heavy (non-hydrogen) atoms. The van der Waals surface area contributed by atoms with Crippen LogP contribution in [-0.4, -0.2) is 5.66 Å². The van der Waals surface area contributed by atoms with Crippen LogP contribution < -0.4 is 10.6 Å². The summed E-state index contributed by atoms with van der Waals surface area (Å²) < 4.78 is 15.2. The van der Waals surface area contributed by atoms with Crippen molar-refractivity contribution < 1.29 is 4.57 Å². The van der Waals surface area contributed by atoms with Crippen molar-refractivity contribution in [3.8, 4) is 11.1 Å². The van der Waals surface area contributed by atoms with Crippen molar-refractivity contribution in [2.75, 3.05) is 0 Å². The Kier molecular flexibility index (Phi) is 3.20. The van der Waals surface area contributed by atoms with Crippen LogP contribution in [0.3, 0.4) is 0 Å². The second-order valence-corrected chi connectivity index (χ2v) is 9.64. The molecule has 2 unspecified atom stereocenters. The summed E-state index contributed by atoms with van der Waals surface area (Å²) in [4.78, 5) is 0. The van der Waals surface area contributed by atoms with Crippen LogP contribution in [-0.2, 0) is 4.57 Å². The van der Waals surface area contributed by atoms with Crippen LogP contribution in [0.4, 0.5) is 0 Å². The molecule has 0 aromatic heterocycles. The van der Waals surface area contributed by atoms with Gasteiger partial charge < -0.3 is 4.57 Å². The second kappa shape index (κ2) is 4.96. The molecule has 2 aromatic rings. The summed E-state index contributed by atoms with van der Waals surface area (Å²) in [7, 11) is -2.59. The molecular weight excluding hydrogens is 390 g/mol. The van der Waals surface area contributed by atoms with Gasteiger partial charge in [0.2, 0.25) is 0 Å². The van der Waals surface area contributed by atoms with E-state index in [9.17, 15) is 4.57 Å².